The number of nitrogens with two attached hydrogens (primary N) is 1. The molecule has 18 heavy (non-hydrogen) atoms. The van der Waals surface area contributed by atoms with Gasteiger partial charge in [0.25, 0.3) is 0 Å². The van der Waals surface area contributed by atoms with E-state index in [9.17, 15) is 0 Å². The highest BCUT2D eigenvalue weighted by Gasteiger charge is 2.21. The molecule has 1 saturated heterocycles. The molecule has 0 spiro atoms. The van der Waals surface area contributed by atoms with Crippen LogP contribution in [0.1, 0.15) is 19.8 Å². The molecule has 2 rings (SSSR count). The van der Waals surface area contributed by atoms with E-state index >= 15 is 0 Å². The summed E-state index contributed by atoms with van der Waals surface area (Å²) < 4.78 is 11.5. The molecule has 1 aromatic carbocycles. The predicted octanol–water partition coefficient (Wildman–Crippen LogP) is 2.14. The number of rotatable bonds is 5. The van der Waals surface area contributed by atoms with Crippen LogP contribution in [0.5, 0.6) is 11.5 Å². The van der Waals surface area contributed by atoms with Crippen molar-refractivity contribution in [2.45, 2.75) is 25.9 Å². The fraction of sp³-hybridized carbons (Fsp3) is 0.571. The van der Waals surface area contributed by atoms with Crippen LogP contribution in [0.2, 0.25) is 0 Å². The van der Waals surface area contributed by atoms with E-state index < -0.39 is 0 Å². The van der Waals surface area contributed by atoms with Crippen LogP contribution in [-0.4, -0.2) is 37.7 Å². The van der Waals surface area contributed by atoms with E-state index in [1.807, 2.05) is 18.2 Å². The summed E-state index contributed by atoms with van der Waals surface area (Å²) in [6, 6.07) is 5.62. The van der Waals surface area contributed by atoms with Gasteiger partial charge in [0.1, 0.15) is 17.6 Å². The lowest BCUT2D eigenvalue weighted by Crippen LogP contribution is -2.21. The van der Waals surface area contributed by atoms with Gasteiger partial charge in [0, 0.05) is 37.0 Å². The van der Waals surface area contributed by atoms with Crippen LogP contribution in [-0.2, 0) is 0 Å². The normalized spacial score (nSPS) is 20.0. The zero-order valence-corrected chi connectivity index (χ0v) is 11.2. The van der Waals surface area contributed by atoms with Gasteiger partial charge in [-0.1, -0.05) is 6.92 Å². The summed E-state index contributed by atoms with van der Waals surface area (Å²) in [4.78, 5) is 2.27. The number of hydrogen-bond donors (Lipinski definition) is 1. The van der Waals surface area contributed by atoms with Crippen LogP contribution in [0.25, 0.3) is 0 Å². The molecule has 0 amide bonds. The van der Waals surface area contributed by atoms with E-state index in [0.29, 0.717) is 12.3 Å². The van der Waals surface area contributed by atoms with Gasteiger partial charge in [-0.25, -0.2) is 0 Å². The maximum absolute atomic E-state index is 5.95. The molecule has 100 valence electrons. The Bertz CT molecular complexity index is 395. The van der Waals surface area contributed by atoms with E-state index in [-0.39, 0.29) is 6.10 Å². The Labute approximate surface area is 109 Å². The summed E-state index contributed by atoms with van der Waals surface area (Å²) in [7, 11) is 2.11. The van der Waals surface area contributed by atoms with E-state index in [4.69, 9.17) is 15.2 Å². The first-order valence-corrected chi connectivity index (χ1v) is 6.56. The van der Waals surface area contributed by atoms with Crippen LogP contribution in [0.15, 0.2) is 18.2 Å². The SMILES string of the molecule is CCCOc1cc(N)cc(OC2CCN(C)C2)c1. The zero-order chi connectivity index (χ0) is 13.0. The second kappa shape index (κ2) is 5.96. The molecule has 1 aromatic rings. The number of hydrogen-bond acceptors (Lipinski definition) is 4. The maximum Gasteiger partial charge on any atom is 0.125 e. The summed E-state index contributed by atoms with van der Waals surface area (Å²) in [5.41, 5.74) is 6.55. The molecule has 2 N–H and O–H groups in total. The van der Waals surface area contributed by atoms with E-state index in [1.165, 1.54) is 0 Å². The Morgan fingerprint density at radius 3 is 2.78 bits per heavy atom. The summed E-state index contributed by atoms with van der Waals surface area (Å²) >= 11 is 0. The lowest BCUT2D eigenvalue weighted by molar-refractivity contribution is 0.207. The van der Waals surface area contributed by atoms with Gasteiger partial charge in [0.15, 0.2) is 0 Å². The quantitative estimate of drug-likeness (QED) is 0.813. The van der Waals surface area contributed by atoms with Crippen LogP contribution in [0.4, 0.5) is 5.69 Å². The minimum atomic E-state index is 0.260. The van der Waals surface area contributed by atoms with Crippen LogP contribution in [0, 0.1) is 0 Å². The molecule has 0 saturated carbocycles. The Balaban J connectivity index is 2.00. The molecule has 1 fully saturated rings. The Morgan fingerprint density at radius 1 is 1.33 bits per heavy atom. The second-order valence-corrected chi connectivity index (χ2v) is 4.88. The first kappa shape index (κ1) is 13.0. The number of likely N-dealkylation sites (tertiary alicyclic amines) is 1. The smallest absolute Gasteiger partial charge is 0.125 e. The third-order valence-electron chi connectivity index (χ3n) is 3.03. The molecule has 1 aliphatic heterocycles. The largest absolute Gasteiger partial charge is 0.493 e. The minimum absolute atomic E-state index is 0.260. The molecule has 1 atom stereocenters. The molecule has 1 aliphatic rings. The van der Waals surface area contributed by atoms with Crippen molar-refractivity contribution in [3.63, 3.8) is 0 Å². The number of anilines is 1. The predicted molar refractivity (Wildman–Crippen MR) is 73.2 cm³/mol. The van der Waals surface area contributed by atoms with Gasteiger partial charge in [-0.2, -0.15) is 0 Å². The monoisotopic (exact) mass is 250 g/mol. The molecule has 0 radical (unpaired) electrons. The topological polar surface area (TPSA) is 47.7 Å². The number of likely N-dealkylation sites (N-methyl/N-ethyl adjacent to an activating group) is 1. The van der Waals surface area contributed by atoms with Gasteiger partial charge in [0.2, 0.25) is 0 Å². The fourth-order valence-corrected chi connectivity index (χ4v) is 2.15. The van der Waals surface area contributed by atoms with Gasteiger partial charge in [-0.15, -0.1) is 0 Å². The third kappa shape index (κ3) is 3.53. The van der Waals surface area contributed by atoms with Crippen LogP contribution < -0.4 is 15.2 Å². The highest BCUT2D eigenvalue weighted by Crippen LogP contribution is 2.26. The summed E-state index contributed by atoms with van der Waals surface area (Å²) in [6.45, 7) is 4.85. The van der Waals surface area contributed by atoms with Gasteiger partial charge in [-0.3, -0.25) is 0 Å². The lowest BCUT2D eigenvalue weighted by Gasteiger charge is -2.15. The number of benzene rings is 1. The van der Waals surface area contributed by atoms with Crippen molar-refractivity contribution in [1.29, 1.82) is 0 Å². The van der Waals surface area contributed by atoms with Gasteiger partial charge in [0.05, 0.1) is 6.61 Å². The Kier molecular flexibility index (Phi) is 4.31. The van der Waals surface area contributed by atoms with Crippen molar-refractivity contribution in [1.82, 2.24) is 4.90 Å². The first-order chi connectivity index (χ1) is 8.67. The second-order valence-electron chi connectivity index (χ2n) is 4.88. The van der Waals surface area contributed by atoms with E-state index in [0.717, 1.165) is 37.4 Å². The molecule has 0 aromatic heterocycles. The summed E-state index contributed by atoms with van der Waals surface area (Å²) in [5, 5.41) is 0. The molecular weight excluding hydrogens is 228 g/mol. The standard InChI is InChI=1S/C14H22N2O2/c1-3-6-17-13-7-11(15)8-14(9-13)18-12-4-5-16(2)10-12/h7-9,12H,3-6,10,15H2,1-2H3. The lowest BCUT2D eigenvalue weighted by atomic mass is 10.2. The van der Waals surface area contributed by atoms with Gasteiger partial charge < -0.3 is 20.1 Å². The van der Waals surface area contributed by atoms with Crippen molar-refractivity contribution in [2.24, 2.45) is 0 Å². The minimum Gasteiger partial charge on any atom is -0.493 e. The van der Waals surface area contributed by atoms with Crippen molar-refractivity contribution in [3.8, 4) is 11.5 Å². The first-order valence-electron chi connectivity index (χ1n) is 6.56. The molecule has 1 unspecified atom stereocenters. The van der Waals surface area contributed by atoms with Crippen molar-refractivity contribution >= 4 is 5.69 Å². The molecule has 4 heteroatoms. The molecule has 1 heterocycles. The maximum atomic E-state index is 5.95. The van der Waals surface area contributed by atoms with Gasteiger partial charge >= 0.3 is 0 Å². The Morgan fingerprint density at radius 2 is 2.11 bits per heavy atom. The van der Waals surface area contributed by atoms with Crippen LogP contribution >= 0.6 is 0 Å². The molecule has 0 bridgehead atoms. The van der Waals surface area contributed by atoms with Gasteiger partial charge in [-0.05, 0) is 19.9 Å². The number of nitrogen functional groups attached to an aromatic ring is 1. The fourth-order valence-electron chi connectivity index (χ4n) is 2.15. The van der Waals surface area contributed by atoms with E-state index in [1.54, 1.807) is 0 Å². The third-order valence-corrected chi connectivity index (χ3v) is 3.03. The summed E-state index contributed by atoms with van der Waals surface area (Å²) in [5.74, 6) is 1.60. The highest BCUT2D eigenvalue weighted by atomic mass is 16.5. The van der Waals surface area contributed by atoms with Crippen LogP contribution in [0.3, 0.4) is 0 Å². The van der Waals surface area contributed by atoms with Crippen molar-refractivity contribution in [3.05, 3.63) is 18.2 Å². The average molecular weight is 250 g/mol. The average Bonchev–Trinajstić information content (AvgIpc) is 2.71. The number of ether oxygens (including phenoxy) is 2. The molecule has 4 nitrogen and oxygen atoms in total. The number of nitrogens with zero attached hydrogens (tertiary/aromatic N) is 1. The zero-order valence-electron chi connectivity index (χ0n) is 11.2. The highest BCUT2D eigenvalue weighted by molar-refractivity contribution is 5.50. The molecule has 0 aliphatic carbocycles. The van der Waals surface area contributed by atoms with E-state index in [2.05, 4.69) is 18.9 Å². The Hall–Kier alpha value is -1.42. The summed E-state index contributed by atoms with van der Waals surface area (Å²) in [6.07, 6.45) is 2.31. The molecular formula is C14H22N2O2. The van der Waals surface area contributed by atoms with Crippen molar-refractivity contribution in [2.75, 3.05) is 32.5 Å². The van der Waals surface area contributed by atoms with Crippen molar-refractivity contribution < 1.29 is 9.47 Å².